The van der Waals surface area contributed by atoms with E-state index >= 15 is 0 Å². The molecule has 0 fully saturated rings. The number of nitrogens with one attached hydrogen (secondary N) is 1. The van der Waals surface area contributed by atoms with Crippen LogP contribution in [0.4, 0.5) is 11.4 Å². The number of amides is 1. The first kappa shape index (κ1) is 17.0. The van der Waals surface area contributed by atoms with Crippen LogP contribution in [0.1, 0.15) is 30.5 Å². The Labute approximate surface area is 147 Å². The molecular weight excluding hydrogens is 316 g/mol. The molecule has 2 aromatic carbocycles. The fraction of sp³-hybridized carbons (Fsp3) is 0.300. The van der Waals surface area contributed by atoms with Crippen molar-refractivity contribution in [2.45, 2.75) is 25.8 Å². The summed E-state index contributed by atoms with van der Waals surface area (Å²) in [6.45, 7) is 2.34. The minimum absolute atomic E-state index is 0.0541. The van der Waals surface area contributed by atoms with Gasteiger partial charge >= 0.3 is 5.97 Å². The molecule has 5 heteroatoms. The SMILES string of the molecule is COC(=O)[C@@H](Nc1ccc2c(c1)CCCN2C(C)=O)c1ccccc1. The number of ether oxygens (including phenoxy) is 1. The van der Waals surface area contributed by atoms with Crippen molar-refractivity contribution in [1.29, 1.82) is 0 Å². The molecule has 1 aliphatic rings. The van der Waals surface area contributed by atoms with Crippen LogP contribution in [0.5, 0.6) is 0 Å². The Morgan fingerprint density at radius 2 is 1.92 bits per heavy atom. The molecule has 3 rings (SSSR count). The standard InChI is InChI=1S/C20H22N2O3/c1-14(23)22-12-6-9-16-13-17(10-11-18(16)22)21-19(20(24)25-2)15-7-4-3-5-8-15/h3-5,7-8,10-11,13,19,21H,6,9,12H2,1-2H3/t19-/m0/s1. The molecule has 0 saturated heterocycles. The number of rotatable bonds is 4. The molecular formula is C20H22N2O3. The predicted octanol–water partition coefficient (Wildman–Crippen LogP) is 3.31. The summed E-state index contributed by atoms with van der Waals surface area (Å²) in [5, 5.41) is 3.26. The zero-order chi connectivity index (χ0) is 17.8. The zero-order valence-electron chi connectivity index (χ0n) is 14.5. The van der Waals surface area contributed by atoms with Crippen LogP contribution in [0.25, 0.3) is 0 Å². The molecule has 130 valence electrons. The van der Waals surface area contributed by atoms with E-state index in [0.29, 0.717) is 0 Å². The van der Waals surface area contributed by atoms with Crippen LogP contribution < -0.4 is 10.2 Å². The smallest absolute Gasteiger partial charge is 0.332 e. The predicted molar refractivity (Wildman–Crippen MR) is 97.6 cm³/mol. The lowest BCUT2D eigenvalue weighted by Crippen LogP contribution is -2.33. The van der Waals surface area contributed by atoms with Crippen LogP contribution in [0, 0.1) is 0 Å². The van der Waals surface area contributed by atoms with Gasteiger partial charge in [0.1, 0.15) is 0 Å². The molecule has 5 nitrogen and oxygen atoms in total. The maximum atomic E-state index is 12.2. The van der Waals surface area contributed by atoms with Gasteiger partial charge in [0.15, 0.2) is 6.04 Å². The lowest BCUT2D eigenvalue weighted by Gasteiger charge is -2.29. The number of anilines is 2. The third-order valence-electron chi connectivity index (χ3n) is 4.46. The summed E-state index contributed by atoms with van der Waals surface area (Å²) in [5.41, 5.74) is 3.75. The number of nitrogens with zero attached hydrogens (tertiary/aromatic N) is 1. The molecule has 1 N–H and O–H groups in total. The average molecular weight is 338 g/mol. The maximum Gasteiger partial charge on any atom is 0.332 e. The van der Waals surface area contributed by atoms with Crippen molar-refractivity contribution < 1.29 is 14.3 Å². The number of esters is 1. The summed E-state index contributed by atoms with van der Waals surface area (Å²) in [6, 6.07) is 14.8. The first-order valence-corrected chi connectivity index (χ1v) is 8.40. The summed E-state index contributed by atoms with van der Waals surface area (Å²) in [6.07, 6.45) is 1.86. The molecule has 1 aliphatic heterocycles. The van der Waals surface area contributed by atoms with Crippen molar-refractivity contribution in [2.75, 3.05) is 23.9 Å². The minimum atomic E-state index is -0.572. The Bertz CT molecular complexity index is 774. The van der Waals surface area contributed by atoms with Crippen LogP contribution in [0.2, 0.25) is 0 Å². The van der Waals surface area contributed by atoms with E-state index in [1.54, 1.807) is 11.8 Å². The molecule has 0 aliphatic carbocycles. The number of carbonyl (C=O) groups excluding carboxylic acids is 2. The molecule has 1 amide bonds. The molecule has 0 saturated carbocycles. The highest BCUT2D eigenvalue weighted by atomic mass is 16.5. The van der Waals surface area contributed by atoms with E-state index in [9.17, 15) is 9.59 Å². The highest BCUT2D eigenvalue weighted by Crippen LogP contribution is 2.31. The second-order valence-electron chi connectivity index (χ2n) is 6.13. The van der Waals surface area contributed by atoms with E-state index in [-0.39, 0.29) is 11.9 Å². The van der Waals surface area contributed by atoms with Gasteiger partial charge in [0.2, 0.25) is 5.91 Å². The van der Waals surface area contributed by atoms with Crippen molar-refractivity contribution in [3.05, 3.63) is 59.7 Å². The molecule has 0 bridgehead atoms. The molecule has 0 radical (unpaired) electrons. The Balaban J connectivity index is 1.88. The van der Waals surface area contributed by atoms with E-state index in [1.807, 2.05) is 48.5 Å². The van der Waals surface area contributed by atoms with Crippen LogP contribution in [0.3, 0.4) is 0 Å². The molecule has 0 unspecified atom stereocenters. The molecule has 0 aromatic heterocycles. The van der Waals surface area contributed by atoms with Gasteiger partial charge in [0.05, 0.1) is 7.11 Å². The largest absolute Gasteiger partial charge is 0.467 e. The van der Waals surface area contributed by atoms with Gasteiger partial charge in [-0.3, -0.25) is 4.79 Å². The Hall–Kier alpha value is -2.82. The number of hydrogen-bond donors (Lipinski definition) is 1. The second kappa shape index (κ2) is 7.38. The van der Waals surface area contributed by atoms with Crippen molar-refractivity contribution in [3.8, 4) is 0 Å². The second-order valence-corrected chi connectivity index (χ2v) is 6.13. The number of benzene rings is 2. The van der Waals surface area contributed by atoms with Crippen molar-refractivity contribution in [2.24, 2.45) is 0 Å². The van der Waals surface area contributed by atoms with Gasteiger partial charge in [-0.25, -0.2) is 4.79 Å². The quantitative estimate of drug-likeness (QED) is 0.869. The van der Waals surface area contributed by atoms with Crippen molar-refractivity contribution in [1.82, 2.24) is 0 Å². The van der Waals surface area contributed by atoms with Gasteiger partial charge in [-0.05, 0) is 42.2 Å². The third-order valence-corrected chi connectivity index (χ3v) is 4.46. The molecule has 2 aromatic rings. The fourth-order valence-corrected chi connectivity index (χ4v) is 3.22. The fourth-order valence-electron chi connectivity index (χ4n) is 3.22. The van der Waals surface area contributed by atoms with E-state index in [4.69, 9.17) is 4.74 Å². The van der Waals surface area contributed by atoms with Crippen molar-refractivity contribution >= 4 is 23.3 Å². The Kier molecular flexibility index (Phi) is 5.03. The van der Waals surface area contributed by atoms with Gasteiger partial charge in [-0.2, -0.15) is 0 Å². The summed E-state index contributed by atoms with van der Waals surface area (Å²) >= 11 is 0. The number of carbonyl (C=O) groups is 2. The summed E-state index contributed by atoms with van der Waals surface area (Å²) in [7, 11) is 1.39. The maximum absolute atomic E-state index is 12.2. The van der Waals surface area contributed by atoms with Crippen LogP contribution in [-0.2, 0) is 20.7 Å². The lowest BCUT2D eigenvalue weighted by molar-refractivity contribution is -0.141. The Morgan fingerprint density at radius 1 is 1.16 bits per heavy atom. The van der Waals surface area contributed by atoms with E-state index in [0.717, 1.165) is 41.9 Å². The first-order chi connectivity index (χ1) is 12.1. The average Bonchev–Trinajstić information content (AvgIpc) is 2.65. The van der Waals surface area contributed by atoms with E-state index in [2.05, 4.69) is 5.32 Å². The van der Waals surface area contributed by atoms with Crippen LogP contribution >= 0.6 is 0 Å². The summed E-state index contributed by atoms with van der Waals surface area (Å²) in [4.78, 5) is 25.8. The highest BCUT2D eigenvalue weighted by molar-refractivity contribution is 5.93. The number of fused-ring (bicyclic) bond motifs is 1. The highest BCUT2D eigenvalue weighted by Gasteiger charge is 2.23. The summed E-state index contributed by atoms with van der Waals surface area (Å²) < 4.78 is 4.95. The third kappa shape index (κ3) is 3.65. The lowest BCUT2D eigenvalue weighted by atomic mass is 10.00. The summed E-state index contributed by atoms with van der Waals surface area (Å²) in [5.74, 6) is -0.285. The van der Waals surface area contributed by atoms with Gasteiger partial charge in [0.25, 0.3) is 0 Å². The van der Waals surface area contributed by atoms with Gasteiger partial charge in [0, 0.05) is 24.8 Å². The minimum Gasteiger partial charge on any atom is -0.467 e. The topological polar surface area (TPSA) is 58.6 Å². The number of hydrogen-bond acceptors (Lipinski definition) is 4. The van der Waals surface area contributed by atoms with Gasteiger partial charge < -0.3 is 15.0 Å². The zero-order valence-corrected chi connectivity index (χ0v) is 14.5. The van der Waals surface area contributed by atoms with E-state index < -0.39 is 6.04 Å². The number of methoxy groups -OCH3 is 1. The Morgan fingerprint density at radius 3 is 2.60 bits per heavy atom. The monoisotopic (exact) mass is 338 g/mol. The van der Waals surface area contributed by atoms with Crippen molar-refractivity contribution in [3.63, 3.8) is 0 Å². The number of aryl methyl sites for hydroxylation is 1. The van der Waals surface area contributed by atoms with Gasteiger partial charge in [-0.1, -0.05) is 30.3 Å². The normalized spacial score (nSPS) is 14.4. The van der Waals surface area contributed by atoms with E-state index in [1.165, 1.54) is 7.11 Å². The first-order valence-electron chi connectivity index (χ1n) is 8.40. The molecule has 1 heterocycles. The molecule has 0 spiro atoms. The van der Waals surface area contributed by atoms with Gasteiger partial charge in [-0.15, -0.1) is 0 Å². The molecule has 25 heavy (non-hydrogen) atoms. The van der Waals surface area contributed by atoms with Crippen LogP contribution in [0.15, 0.2) is 48.5 Å². The molecule has 1 atom stereocenters. The van der Waals surface area contributed by atoms with Crippen LogP contribution in [-0.4, -0.2) is 25.5 Å².